The zero-order valence-electron chi connectivity index (χ0n) is 17.4. The standard InChI is InChI=1S/C23H29N3O2S/c1-15-8-7-11-19(12-15)26-22(28)21-16(2)13-17(3)24-23(21)29-14-20(27)25-18-9-5-4-6-10-18/h7-8,11-13,18H,4-6,9-10,14H2,1-3H3,(H,25,27)(H,26,28). The average molecular weight is 412 g/mol. The van der Waals surface area contributed by atoms with Crippen molar-refractivity contribution in [3.05, 3.63) is 52.7 Å². The molecule has 6 heteroatoms. The predicted molar refractivity (Wildman–Crippen MR) is 119 cm³/mol. The molecule has 1 fully saturated rings. The molecule has 1 aliphatic carbocycles. The molecule has 2 N–H and O–H groups in total. The van der Waals surface area contributed by atoms with Gasteiger partial charge in [0.25, 0.3) is 5.91 Å². The summed E-state index contributed by atoms with van der Waals surface area (Å²) in [6.07, 6.45) is 5.73. The summed E-state index contributed by atoms with van der Waals surface area (Å²) < 4.78 is 0. The highest BCUT2D eigenvalue weighted by Gasteiger charge is 2.20. The number of rotatable bonds is 6. The number of hydrogen-bond acceptors (Lipinski definition) is 4. The van der Waals surface area contributed by atoms with E-state index in [1.807, 2.05) is 51.1 Å². The fourth-order valence-electron chi connectivity index (χ4n) is 3.75. The number of thioether (sulfide) groups is 1. The summed E-state index contributed by atoms with van der Waals surface area (Å²) in [7, 11) is 0. The van der Waals surface area contributed by atoms with E-state index in [0.717, 1.165) is 35.3 Å². The second kappa shape index (κ2) is 9.92. The van der Waals surface area contributed by atoms with Crippen molar-refractivity contribution in [3.8, 4) is 0 Å². The number of aryl methyl sites for hydroxylation is 3. The summed E-state index contributed by atoms with van der Waals surface area (Å²) in [4.78, 5) is 29.9. The molecule has 1 heterocycles. The van der Waals surface area contributed by atoms with E-state index in [2.05, 4.69) is 15.6 Å². The molecule has 3 rings (SSSR count). The van der Waals surface area contributed by atoms with E-state index in [4.69, 9.17) is 0 Å². The molecule has 5 nitrogen and oxygen atoms in total. The van der Waals surface area contributed by atoms with Gasteiger partial charge in [-0.15, -0.1) is 0 Å². The lowest BCUT2D eigenvalue weighted by Gasteiger charge is -2.22. The van der Waals surface area contributed by atoms with Crippen LogP contribution in [0.2, 0.25) is 0 Å². The molecule has 0 radical (unpaired) electrons. The molecule has 0 atom stereocenters. The summed E-state index contributed by atoms with van der Waals surface area (Å²) in [6.45, 7) is 5.80. The van der Waals surface area contributed by atoms with Crippen LogP contribution in [-0.4, -0.2) is 28.6 Å². The van der Waals surface area contributed by atoms with E-state index in [9.17, 15) is 9.59 Å². The van der Waals surface area contributed by atoms with Gasteiger partial charge in [0, 0.05) is 17.4 Å². The first-order valence-corrected chi connectivity index (χ1v) is 11.2. The van der Waals surface area contributed by atoms with E-state index in [1.165, 1.54) is 31.0 Å². The van der Waals surface area contributed by atoms with Gasteiger partial charge in [-0.05, 0) is 62.9 Å². The number of anilines is 1. The Hall–Kier alpha value is -2.34. The lowest BCUT2D eigenvalue weighted by Crippen LogP contribution is -2.37. The first-order valence-electron chi connectivity index (χ1n) is 10.2. The highest BCUT2D eigenvalue weighted by atomic mass is 32.2. The van der Waals surface area contributed by atoms with Crippen molar-refractivity contribution in [1.29, 1.82) is 0 Å². The van der Waals surface area contributed by atoms with Crippen LogP contribution in [0.1, 0.15) is 59.3 Å². The van der Waals surface area contributed by atoms with Gasteiger partial charge < -0.3 is 10.6 Å². The highest BCUT2D eigenvalue weighted by Crippen LogP contribution is 2.26. The number of benzene rings is 1. The maximum atomic E-state index is 13.0. The van der Waals surface area contributed by atoms with Gasteiger partial charge in [0.1, 0.15) is 5.03 Å². The monoisotopic (exact) mass is 411 g/mol. The molecule has 1 aromatic carbocycles. The van der Waals surface area contributed by atoms with Crippen LogP contribution in [0.5, 0.6) is 0 Å². The van der Waals surface area contributed by atoms with Crippen LogP contribution in [0.4, 0.5) is 5.69 Å². The Labute approximate surface area is 177 Å². The summed E-state index contributed by atoms with van der Waals surface area (Å²) in [6, 6.07) is 9.88. The Morgan fingerprint density at radius 3 is 2.59 bits per heavy atom. The molecule has 1 aliphatic rings. The van der Waals surface area contributed by atoms with E-state index >= 15 is 0 Å². The van der Waals surface area contributed by atoms with Gasteiger partial charge in [-0.25, -0.2) is 4.98 Å². The normalized spacial score (nSPS) is 14.4. The van der Waals surface area contributed by atoms with Gasteiger partial charge in [-0.3, -0.25) is 9.59 Å². The quantitative estimate of drug-likeness (QED) is 0.670. The molecular weight excluding hydrogens is 382 g/mol. The second-order valence-electron chi connectivity index (χ2n) is 7.78. The van der Waals surface area contributed by atoms with Gasteiger partial charge in [0.15, 0.2) is 0 Å². The zero-order chi connectivity index (χ0) is 20.8. The third-order valence-corrected chi connectivity index (χ3v) is 6.10. The van der Waals surface area contributed by atoms with Gasteiger partial charge in [-0.2, -0.15) is 0 Å². The fourth-order valence-corrected chi connectivity index (χ4v) is 4.71. The molecule has 0 spiro atoms. The van der Waals surface area contributed by atoms with Crippen molar-refractivity contribution in [3.63, 3.8) is 0 Å². The summed E-state index contributed by atoms with van der Waals surface area (Å²) in [5.41, 5.74) is 4.06. The van der Waals surface area contributed by atoms with E-state index in [0.29, 0.717) is 10.6 Å². The van der Waals surface area contributed by atoms with E-state index < -0.39 is 0 Å². The van der Waals surface area contributed by atoms with Gasteiger partial charge >= 0.3 is 0 Å². The number of carbonyl (C=O) groups is 2. The molecule has 0 unspecified atom stereocenters. The number of pyridine rings is 1. The molecule has 0 aliphatic heterocycles. The van der Waals surface area contributed by atoms with Gasteiger partial charge in [0.2, 0.25) is 5.91 Å². The Morgan fingerprint density at radius 2 is 1.86 bits per heavy atom. The molecular formula is C23H29N3O2S. The van der Waals surface area contributed by atoms with Crippen molar-refractivity contribution in [2.24, 2.45) is 0 Å². The topological polar surface area (TPSA) is 71.1 Å². The first-order chi connectivity index (χ1) is 13.9. The molecule has 154 valence electrons. The Kier molecular flexibility index (Phi) is 7.31. The number of nitrogens with one attached hydrogen (secondary N) is 2. The van der Waals surface area contributed by atoms with Crippen molar-refractivity contribution >= 4 is 29.3 Å². The van der Waals surface area contributed by atoms with Crippen molar-refractivity contribution < 1.29 is 9.59 Å². The Bertz CT molecular complexity index is 892. The SMILES string of the molecule is Cc1cccc(NC(=O)c2c(C)cc(C)nc2SCC(=O)NC2CCCCC2)c1. The number of carbonyl (C=O) groups excluding carboxylic acids is 2. The predicted octanol–water partition coefficient (Wildman–Crippen LogP) is 4.80. The van der Waals surface area contributed by atoms with Crippen LogP contribution in [-0.2, 0) is 4.79 Å². The zero-order valence-corrected chi connectivity index (χ0v) is 18.2. The Balaban J connectivity index is 1.70. The highest BCUT2D eigenvalue weighted by molar-refractivity contribution is 8.00. The van der Waals surface area contributed by atoms with Crippen LogP contribution in [0.15, 0.2) is 35.4 Å². The number of aromatic nitrogens is 1. The van der Waals surface area contributed by atoms with Crippen LogP contribution < -0.4 is 10.6 Å². The molecule has 29 heavy (non-hydrogen) atoms. The number of hydrogen-bond donors (Lipinski definition) is 2. The van der Waals surface area contributed by atoms with E-state index in [-0.39, 0.29) is 23.6 Å². The lowest BCUT2D eigenvalue weighted by atomic mass is 9.95. The lowest BCUT2D eigenvalue weighted by molar-refractivity contribution is -0.119. The second-order valence-corrected chi connectivity index (χ2v) is 8.74. The number of nitrogens with zero attached hydrogens (tertiary/aromatic N) is 1. The maximum absolute atomic E-state index is 13.0. The first kappa shape index (κ1) is 21.4. The smallest absolute Gasteiger partial charge is 0.258 e. The minimum Gasteiger partial charge on any atom is -0.353 e. The molecule has 0 saturated heterocycles. The fraction of sp³-hybridized carbons (Fsp3) is 0.435. The molecule has 1 saturated carbocycles. The number of amides is 2. The van der Waals surface area contributed by atoms with Gasteiger partial charge in [-0.1, -0.05) is 43.2 Å². The summed E-state index contributed by atoms with van der Waals surface area (Å²) in [5, 5.41) is 6.69. The third-order valence-electron chi connectivity index (χ3n) is 5.12. The summed E-state index contributed by atoms with van der Waals surface area (Å²) >= 11 is 1.33. The maximum Gasteiger partial charge on any atom is 0.258 e. The third kappa shape index (κ3) is 6.07. The van der Waals surface area contributed by atoms with Crippen molar-refractivity contribution in [1.82, 2.24) is 10.3 Å². The van der Waals surface area contributed by atoms with Crippen molar-refractivity contribution in [2.75, 3.05) is 11.1 Å². The van der Waals surface area contributed by atoms with Crippen LogP contribution >= 0.6 is 11.8 Å². The van der Waals surface area contributed by atoms with Gasteiger partial charge in [0.05, 0.1) is 11.3 Å². The van der Waals surface area contributed by atoms with E-state index in [1.54, 1.807) is 0 Å². The average Bonchev–Trinajstić information content (AvgIpc) is 2.66. The summed E-state index contributed by atoms with van der Waals surface area (Å²) in [5.74, 6) is 0.0700. The minimum absolute atomic E-state index is 0.00732. The van der Waals surface area contributed by atoms with Crippen LogP contribution in [0.3, 0.4) is 0 Å². The van der Waals surface area contributed by atoms with Crippen LogP contribution in [0.25, 0.3) is 0 Å². The minimum atomic E-state index is -0.198. The molecule has 2 aromatic rings. The Morgan fingerprint density at radius 1 is 1.10 bits per heavy atom. The molecule has 2 amide bonds. The largest absolute Gasteiger partial charge is 0.353 e. The van der Waals surface area contributed by atoms with Crippen LogP contribution in [0, 0.1) is 20.8 Å². The molecule has 0 bridgehead atoms. The molecule has 1 aromatic heterocycles. The van der Waals surface area contributed by atoms with Crippen molar-refractivity contribution in [2.45, 2.75) is 63.9 Å².